The number of likely N-dealkylation sites (tertiary alicyclic amines) is 1. The van der Waals surface area contributed by atoms with Gasteiger partial charge in [-0.15, -0.1) is 0 Å². The number of allylic oxidation sites excluding steroid dienone is 4. The Bertz CT molecular complexity index is 1030. The van der Waals surface area contributed by atoms with E-state index in [1.165, 1.54) is 57.1 Å². The topological polar surface area (TPSA) is 147 Å². The molecule has 0 radical (unpaired) electrons. The Morgan fingerprint density at radius 1 is 0.787 bits per heavy atom. The van der Waals surface area contributed by atoms with Gasteiger partial charge in [-0.25, -0.2) is 9.59 Å². The van der Waals surface area contributed by atoms with Crippen LogP contribution in [0.4, 0.5) is 0 Å². The van der Waals surface area contributed by atoms with Gasteiger partial charge >= 0.3 is 11.9 Å². The fraction of sp³-hybridized carbons (Fsp3) is 0.676. The second-order valence-corrected chi connectivity index (χ2v) is 11.5. The summed E-state index contributed by atoms with van der Waals surface area (Å²) in [5.74, 6) is -1.12. The third-order valence-corrected chi connectivity index (χ3v) is 7.55. The van der Waals surface area contributed by atoms with E-state index in [1.54, 1.807) is 18.4 Å². The summed E-state index contributed by atoms with van der Waals surface area (Å²) in [5, 5.41) is 36.4. The van der Waals surface area contributed by atoms with Crippen LogP contribution in [0.25, 0.3) is 0 Å². The predicted octanol–water partition coefficient (Wildman–Crippen LogP) is 6.48. The molecule has 0 amide bonds. The van der Waals surface area contributed by atoms with Crippen LogP contribution in [0.3, 0.4) is 0 Å². The zero-order chi connectivity index (χ0) is 35.0. The van der Waals surface area contributed by atoms with Crippen molar-refractivity contribution >= 4 is 11.9 Å². The summed E-state index contributed by atoms with van der Waals surface area (Å²) in [7, 11) is 0. The van der Waals surface area contributed by atoms with E-state index >= 15 is 0 Å². The highest BCUT2D eigenvalue weighted by Gasteiger charge is 2.14. The van der Waals surface area contributed by atoms with Crippen molar-refractivity contribution in [2.75, 3.05) is 46.0 Å². The number of aliphatic hydroxyl groups is 2. The number of rotatable bonds is 23. The summed E-state index contributed by atoms with van der Waals surface area (Å²) in [6.45, 7) is 9.95. The van der Waals surface area contributed by atoms with Crippen LogP contribution >= 0.6 is 0 Å². The summed E-state index contributed by atoms with van der Waals surface area (Å²) in [6.07, 6.45) is 24.7. The molecule has 264 valence electrons. The van der Waals surface area contributed by atoms with Gasteiger partial charge in [-0.1, -0.05) is 78.1 Å². The summed E-state index contributed by atoms with van der Waals surface area (Å²) < 4.78 is 10.3. The standard InChI is InChI=1S/C19H30N2O3.C18H30N2O3/c1-2-3-4-5-6-7-15-24-19(23)17(16-20)9-8-12-21-13-10-18(22)11-14-21;1-3-5-6-7-8-9-15-23-18(22)17(16-19)11-10-12-20(4-2)13-14-21/h8-9,12,18,22H,2-7,10-11,13-15H2,1H3;10-12,21H,3-9,13-15H2,1-2H3/b12-8+,17-9+;12-10+,17-11+. The lowest BCUT2D eigenvalue weighted by molar-refractivity contribution is -0.139. The van der Waals surface area contributed by atoms with Crippen molar-refractivity contribution in [3.8, 4) is 12.1 Å². The maximum atomic E-state index is 11.8. The van der Waals surface area contributed by atoms with Crippen LogP contribution in [0, 0.1) is 22.7 Å². The van der Waals surface area contributed by atoms with Crippen molar-refractivity contribution in [1.82, 2.24) is 9.80 Å². The second-order valence-electron chi connectivity index (χ2n) is 11.5. The van der Waals surface area contributed by atoms with E-state index in [1.807, 2.05) is 30.2 Å². The Morgan fingerprint density at radius 3 is 1.70 bits per heavy atom. The number of hydrogen-bond donors (Lipinski definition) is 2. The van der Waals surface area contributed by atoms with Crippen molar-refractivity contribution in [3.63, 3.8) is 0 Å². The summed E-state index contributed by atoms with van der Waals surface area (Å²) >= 11 is 0. The number of nitriles is 2. The van der Waals surface area contributed by atoms with Crippen molar-refractivity contribution < 1.29 is 29.3 Å². The number of ether oxygens (including phenoxy) is 2. The van der Waals surface area contributed by atoms with Crippen molar-refractivity contribution in [2.45, 2.75) is 117 Å². The first kappa shape index (κ1) is 43.4. The van der Waals surface area contributed by atoms with Gasteiger partial charge in [0.05, 0.1) is 25.9 Å². The molecule has 0 saturated carbocycles. The first-order valence-electron chi connectivity index (χ1n) is 17.5. The Balaban J connectivity index is 0.000000902. The Kier molecular flexibility index (Phi) is 28.6. The highest BCUT2D eigenvalue weighted by atomic mass is 16.5. The van der Waals surface area contributed by atoms with E-state index in [0.717, 1.165) is 64.6 Å². The van der Waals surface area contributed by atoms with Gasteiger partial charge in [0.2, 0.25) is 0 Å². The number of likely N-dealkylation sites (N-methyl/N-ethyl adjacent to an activating group) is 1. The van der Waals surface area contributed by atoms with Gasteiger partial charge < -0.3 is 29.5 Å². The highest BCUT2D eigenvalue weighted by molar-refractivity contribution is 5.93. The minimum Gasteiger partial charge on any atom is -0.462 e. The Hall–Kier alpha value is -3.60. The molecule has 1 aliphatic rings. The maximum absolute atomic E-state index is 11.8. The molecule has 0 aromatic carbocycles. The summed E-state index contributed by atoms with van der Waals surface area (Å²) in [4.78, 5) is 27.6. The van der Waals surface area contributed by atoms with E-state index in [0.29, 0.717) is 19.8 Å². The molecule has 47 heavy (non-hydrogen) atoms. The van der Waals surface area contributed by atoms with E-state index in [9.17, 15) is 14.7 Å². The molecule has 0 unspecified atom stereocenters. The molecule has 1 rings (SSSR count). The van der Waals surface area contributed by atoms with Crippen molar-refractivity contribution in [3.05, 3.63) is 47.9 Å². The molecule has 0 aromatic rings. The molecule has 0 bridgehead atoms. The lowest BCUT2D eigenvalue weighted by Gasteiger charge is -2.28. The molecule has 1 saturated heterocycles. The quantitative estimate of drug-likeness (QED) is 0.0412. The number of carbonyl (C=O) groups is 2. The molecule has 2 N–H and O–H groups in total. The SMILES string of the molecule is CCCCCCCCOC(=O)/C(C#N)=C/C=C/N(CC)CCO.CCCCCCCCOC(=O)/C(C#N)=C/C=C/N1CCC(O)CC1. The van der Waals surface area contributed by atoms with Crippen LogP contribution in [0.1, 0.15) is 111 Å². The van der Waals surface area contributed by atoms with Gasteiger partial charge in [-0.2, -0.15) is 10.5 Å². The van der Waals surface area contributed by atoms with Crippen LogP contribution in [-0.4, -0.2) is 84.1 Å². The first-order valence-corrected chi connectivity index (χ1v) is 17.5. The first-order chi connectivity index (χ1) is 22.9. The largest absolute Gasteiger partial charge is 0.462 e. The average molecular weight is 657 g/mol. The Morgan fingerprint density at radius 2 is 1.26 bits per heavy atom. The normalized spacial score (nSPS) is 14.0. The number of esters is 2. The molecule has 1 heterocycles. The van der Waals surface area contributed by atoms with Crippen LogP contribution in [0.5, 0.6) is 0 Å². The molecule has 0 aliphatic carbocycles. The maximum Gasteiger partial charge on any atom is 0.348 e. The van der Waals surface area contributed by atoms with Gasteiger partial charge in [0, 0.05) is 26.2 Å². The minimum atomic E-state index is -0.573. The summed E-state index contributed by atoms with van der Waals surface area (Å²) in [6, 6.07) is 3.75. The number of piperidine rings is 1. The van der Waals surface area contributed by atoms with Gasteiger partial charge in [-0.05, 0) is 69.3 Å². The monoisotopic (exact) mass is 656 g/mol. The average Bonchev–Trinajstić information content (AvgIpc) is 3.08. The molecule has 10 nitrogen and oxygen atoms in total. The van der Waals surface area contributed by atoms with E-state index in [-0.39, 0.29) is 23.9 Å². The number of nitrogens with zero attached hydrogens (tertiary/aromatic N) is 4. The van der Waals surface area contributed by atoms with Gasteiger partial charge in [0.15, 0.2) is 0 Å². The Labute approximate surface area is 284 Å². The zero-order valence-corrected chi connectivity index (χ0v) is 29.2. The highest BCUT2D eigenvalue weighted by Crippen LogP contribution is 2.11. The summed E-state index contributed by atoms with van der Waals surface area (Å²) in [5.41, 5.74) is 0.0153. The molecular weight excluding hydrogens is 596 g/mol. The lowest BCUT2D eigenvalue weighted by atomic mass is 10.1. The third kappa shape index (κ3) is 24.3. The smallest absolute Gasteiger partial charge is 0.348 e. The molecule has 10 heteroatoms. The van der Waals surface area contributed by atoms with Crippen LogP contribution < -0.4 is 0 Å². The van der Waals surface area contributed by atoms with Crippen LogP contribution in [0.2, 0.25) is 0 Å². The van der Waals surface area contributed by atoms with Crippen molar-refractivity contribution in [2.24, 2.45) is 0 Å². The second kappa shape index (κ2) is 31.0. The molecule has 1 aliphatic heterocycles. The predicted molar refractivity (Wildman–Crippen MR) is 185 cm³/mol. The minimum absolute atomic E-state index is 0.00714. The number of hydrogen-bond acceptors (Lipinski definition) is 10. The fourth-order valence-corrected chi connectivity index (χ4v) is 4.58. The van der Waals surface area contributed by atoms with E-state index < -0.39 is 11.9 Å². The zero-order valence-electron chi connectivity index (χ0n) is 29.2. The van der Waals surface area contributed by atoms with Crippen molar-refractivity contribution in [1.29, 1.82) is 10.5 Å². The van der Waals surface area contributed by atoms with Gasteiger partial charge in [-0.3, -0.25) is 0 Å². The molecule has 1 fully saturated rings. The van der Waals surface area contributed by atoms with E-state index in [2.05, 4.69) is 18.7 Å². The molecular formula is C37H60N4O6. The molecule has 0 aromatic heterocycles. The number of unbranched alkanes of at least 4 members (excludes halogenated alkanes) is 10. The van der Waals surface area contributed by atoms with Crippen LogP contribution in [0.15, 0.2) is 47.9 Å². The van der Waals surface area contributed by atoms with E-state index in [4.69, 9.17) is 25.1 Å². The lowest BCUT2D eigenvalue weighted by Crippen LogP contribution is -2.31. The number of aliphatic hydroxyl groups excluding tert-OH is 2. The fourth-order valence-electron chi connectivity index (χ4n) is 4.58. The molecule has 0 spiro atoms. The third-order valence-electron chi connectivity index (χ3n) is 7.55. The number of carbonyl (C=O) groups excluding carboxylic acids is 2. The van der Waals surface area contributed by atoms with Crippen LogP contribution in [-0.2, 0) is 19.1 Å². The van der Waals surface area contributed by atoms with Gasteiger partial charge in [0.25, 0.3) is 0 Å². The van der Waals surface area contributed by atoms with Gasteiger partial charge in [0.1, 0.15) is 23.3 Å². The molecule has 0 atom stereocenters.